The van der Waals surface area contributed by atoms with Crippen LogP contribution in [0.25, 0.3) is 0 Å². The lowest BCUT2D eigenvalue weighted by atomic mass is 9.72. The molecule has 0 spiro atoms. The molecule has 0 amide bonds. The van der Waals surface area contributed by atoms with E-state index in [9.17, 15) is 4.79 Å². The van der Waals surface area contributed by atoms with Gasteiger partial charge in [-0.2, -0.15) is 0 Å². The molecule has 0 radical (unpaired) electrons. The fourth-order valence-electron chi connectivity index (χ4n) is 4.89. The number of hydrogen-bond acceptors (Lipinski definition) is 2. The third-order valence-electron chi connectivity index (χ3n) is 5.68. The zero-order valence-corrected chi connectivity index (χ0v) is 11.7. The Balaban J connectivity index is 1.65. The molecule has 2 nitrogen and oxygen atoms in total. The van der Waals surface area contributed by atoms with Crippen molar-refractivity contribution in [2.75, 3.05) is 0 Å². The molecule has 0 aliphatic heterocycles. The number of carbonyl (C=O) groups is 1. The van der Waals surface area contributed by atoms with Crippen LogP contribution in [0.4, 0.5) is 0 Å². The van der Waals surface area contributed by atoms with E-state index in [0.717, 1.165) is 5.92 Å². The van der Waals surface area contributed by atoms with Gasteiger partial charge in [0.25, 0.3) is 0 Å². The molecule has 2 bridgehead atoms. The summed E-state index contributed by atoms with van der Waals surface area (Å²) in [5.41, 5.74) is 0.668. The molecule has 0 saturated heterocycles. The highest BCUT2D eigenvalue weighted by molar-refractivity contribution is 5.97. The Morgan fingerprint density at radius 3 is 2.65 bits per heavy atom. The lowest BCUT2D eigenvalue weighted by Crippen LogP contribution is -2.32. The highest BCUT2D eigenvalue weighted by Gasteiger charge is 2.51. The monoisotopic (exact) mass is 267 g/mol. The molecule has 3 aliphatic carbocycles. The Labute approximate surface area is 120 Å². The maximum absolute atomic E-state index is 12.9. The largest absolute Gasteiger partial charge is 0.292 e. The quantitative estimate of drug-likeness (QED) is 0.614. The van der Waals surface area contributed by atoms with E-state index >= 15 is 0 Å². The van der Waals surface area contributed by atoms with Crippen molar-refractivity contribution in [3.8, 4) is 0 Å². The number of rotatable bonds is 3. The summed E-state index contributed by atoms with van der Waals surface area (Å²) in [7, 11) is 0. The van der Waals surface area contributed by atoms with Gasteiger partial charge in [0.05, 0.1) is 0 Å². The second-order valence-electron chi connectivity index (χ2n) is 6.68. The minimum Gasteiger partial charge on any atom is -0.292 e. The first-order valence-corrected chi connectivity index (χ1v) is 7.98. The highest BCUT2D eigenvalue weighted by Crippen LogP contribution is 2.54. The van der Waals surface area contributed by atoms with E-state index in [2.05, 4.69) is 17.1 Å². The molecular weight excluding hydrogens is 246 g/mol. The zero-order valence-electron chi connectivity index (χ0n) is 11.7. The topological polar surface area (TPSA) is 30.0 Å². The summed E-state index contributed by atoms with van der Waals surface area (Å²) >= 11 is 0. The number of nitrogens with zero attached hydrogens (tertiary/aromatic N) is 1. The number of ketones is 1. The van der Waals surface area contributed by atoms with Gasteiger partial charge < -0.3 is 0 Å². The molecule has 1 aromatic rings. The summed E-state index contributed by atoms with van der Waals surface area (Å²) in [5.74, 6) is 2.97. The Morgan fingerprint density at radius 1 is 1.10 bits per heavy atom. The van der Waals surface area contributed by atoms with Gasteiger partial charge in [-0.05, 0) is 42.2 Å². The van der Waals surface area contributed by atoms with Crippen LogP contribution < -0.4 is 0 Å². The van der Waals surface area contributed by atoms with Crippen molar-refractivity contribution in [3.63, 3.8) is 0 Å². The summed E-state index contributed by atoms with van der Waals surface area (Å²) in [6.07, 6.45) is 13.0. The molecule has 0 N–H and O–H groups in total. The van der Waals surface area contributed by atoms with Crippen molar-refractivity contribution in [2.45, 2.75) is 32.1 Å². The normalized spacial score (nSPS) is 35.8. The van der Waals surface area contributed by atoms with Crippen molar-refractivity contribution in [1.82, 2.24) is 4.98 Å². The van der Waals surface area contributed by atoms with Crippen LogP contribution >= 0.6 is 0 Å². The first kappa shape index (κ1) is 12.3. The van der Waals surface area contributed by atoms with Gasteiger partial charge in [0.1, 0.15) is 5.69 Å². The van der Waals surface area contributed by atoms with E-state index in [1.807, 2.05) is 18.2 Å². The van der Waals surface area contributed by atoms with Gasteiger partial charge in [0.2, 0.25) is 0 Å². The number of pyridine rings is 1. The summed E-state index contributed by atoms with van der Waals surface area (Å²) in [6, 6.07) is 5.68. The van der Waals surface area contributed by atoms with Gasteiger partial charge >= 0.3 is 0 Å². The number of fused-ring (bicyclic) bond motifs is 2. The molecule has 1 heterocycles. The molecule has 0 aromatic carbocycles. The second kappa shape index (κ2) is 4.83. The Morgan fingerprint density at radius 2 is 1.90 bits per heavy atom. The smallest absolute Gasteiger partial charge is 0.185 e. The minimum absolute atomic E-state index is 0.197. The SMILES string of the molecule is O=C(c1ccccn1)[C@@H]1[C@@H](C2CCCC2)[C@@H]2C=C[C@H]1C2. The van der Waals surface area contributed by atoms with Crippen LogP contribution in [0.3, 0.4) is 0 Å². The van der Waals surface area contributed by atoms with Crippen molar-refractivity contribution >= 4 is 5.78 Å². The van der Waals surface area contributed by atoms with Crippen molar-refractivity contribution in [3.05, 3.63) is 42.2 Å². The van der Waals surface area contributed by atoms with E-state index in [-0.39, 0.29) is 5.92 Å². The van der Waals surface area contributed by atoms with Crippen LogP contribution in [0.2, 0.25) is 0 Å². The van der Waals surface area contributed by atoms with E-state index in [0.29, 0.717) is 29.2 Å². The van der Waals surface area contributed by atoms with Gasteiger partial charge in [0.15, 0.2) is 5.78 Å². The number of hydrogen-bond donors (Lipinski definition) is 0. The predicted molar refractivity (Wildman–Crippen MR) is 78.2 cm³/mol. The van der Waals surface area contributed by atoms with Crippen molar-refractivity contribution in [2.24, 2.45) is 29.6 Å². The molecular formula is C18H21NO. The Bertz CT molecular complexity index is 530. The first-order valence-electron chi connectivity index (χ1n) is 7.98. The fraction of sp³-hybridized carbons (Fsp3) is 0.556. The third kappa shape index (κ3) is 1.85. The molecule has 104 valence electrons. The molecule has 4 atom stereocenters. The van der Waals surface area contributed by atoms with Crippen LogP contribution in [0.5, 0.6) is 0 Å². The second-order valence-corrected chi connectivity index (χ2v) is 6.68. The van der Waals surface area contributed by atoms with Crippen molar-refractivity contribution < 1.29 is 4.79 Å². The van der Waals surface area contributed by atoms with E-state index in [1.165, 1.54) is 32.1 Å². The Hall–Kier alpha value is -1.44. The van der Waals surface area contributed by atoms with Gasteiger partial charge in [-0.3, -0.25) is 9.78 Å². The molecule has 20 heavy (non-hydrogen) atoms. The summed E-state index contributed by atoms with van der Waals surface area (Å²) < 4.78 is 0. The molecule has 2 saturated carbocycles. The molecule has 4 rings (SSSR count). The standard InChI is InChI=1S/C18H21NO/c20-18(15-7-3-4-10-19-15)17-14-9-8-13(11-14)16(17)12-5-1-2-6-12/h3-4,7-10,12-14,16-17H,1-2,5-6,11H2/t13-,14+,16+,17+/m1/s1. The highest BCUT2D eigenvalue weighted by atomic mass is 16.1. The van der Waals surface area contributed by atoms with Gasteiger partial charge in [-0.15, -0.1) is 0 Å². The predicted octanol–water partition coefficient (Wildman–Crippen LogP) is 3.89. The van der Waals surface area contributed by atoms with E-state index in [4.69, 9.17) is 0 Å². The first-order chi connectivity index (χ1) is 9.84. The van der Waals surface area contributed by atoms with Gasteiger partial charge in [0, 0.05) is 12.1 Å². The number of allylic oxidation sites excluding steroid dienone is 2. The number of Topliss-reactive ketones (excluding diaryl/α,β-unsaturated/α-hetero) is 1. The molecule has 2 heteroatoms. The van der Waals surface area contributed by atoms with Crippen LogP contribution in [-0.4, -0.2) is 10.8 Å². The molecule has 3 aliphatic rings. The Kier molecular flexibility index (Phi) is 2.98. The third-order valence-corrected chi connectivity index (χ3v) is 5.68. The summed E-state index contributed by atoms with van der Waals surface area (Å²) in [5, 5.41) is 0. The maximum Gasteiger partial charge on any atom is 0.185 e. The zero-order chi connectivity index (χ0) is 13.5. The molecule has 1 aromatic heterocycles. The minimum atomic E-state index is 0.197. The van der Waals surface area contributed by atoms with Crippen LogP contribution in [-0.2, 0) is 0 Å². The summed E-state index contributed by atoms with van der Waals surface area (Å²) in [6.45, 7) is 0. The average Bonchev–Trinajstić information content (AvgIpc) is 3.22. The average molecular weight is 267 g/mol. The van der Waals surface area contributed by atoms with Gasteiger partial charge in [-0.25, -0.2) is 0 Å². The number of aromatic nitrogens is 1. The molecule has 0 unspecified atom stereocenters. The lowest BCUT2D eigenvalue weighted by Gasteiger charge is -2.31. The van der Waals surface area contributed by atoms with Crippen LogP contribution in [0.15, 0.2) is 36.5 Å². The molecule has 2 fully saturated rings. The van der Waals surface area contributed by atoms with Crippen LogP contribution in [0, 0.1) is 29.6 Å². The van der Waals surface area contributed by atoms with Crippen molar-refractivity contribution in [1.29, 1.82) is 0 Å². The van der Waals surface area contributed by atoms with E-state index < -0.39 is 0 Å². The maximum atomic E-state index is 12.9. The lowest BCUT2D eigenvalue weighted by molar-refractivity contribution is 0.0808. The number of carbonyl (C=O) groups excluding carboxylic acids is 1. The van der Waals surface area contributed by atoms with Crippen LogP contribution in [0.1, 0.15) is 42.6 Å². The van der Waals surface area contributed by atoms with Gasteiger partial charge in [-0.1, -0.05) is 43.9 Å². The summed E-state index contributed by atoms with van der Waals surface area (Å²) in [4.78, 5) is 17.2. The van der Waals surface area contributed by atoms with E-state index in [1.54, 1.807) is 6.20 Å². The fourth-order valence-corrected chi connectivity index (χ4v) is 4.89.